The highest BCUT2D eigenvalue weighted by molar-refractivity contribution is 9.10. The van der Waals surface area contributed by atoms with E-state index >= 15 is 0 Å². The van der Waals surface area contributed by atoms with Gasteiger partial charge in [0, 0.05) is 10.0 Å². The monoisotopic (exact) mass is 336 g/mol. The van der Waals surface area contributed by atoms with Crippen LogP contribution in [0.15, 0.2) is 40.9 Å². The largest absolute Gasteiger partial charge is 0.271 e. The van der Waals surface area contributed by atoms with Gasteiger partial charge in [-0.15, -0.1) is 0 Å². The van der Waals surface area contributed by atoms with Crippen LogP contribution in [0.4, 0.5) is 4.39 Å². The zero-order valence-corrected chi connectivity index (χ0v) is 13.2. The molecule has 2 aromatic rings. The van der Waals surface area contributed by atoms with E-state index in [4.69, 9.17) is 5.84 Å². The summed E-state index contributed by atoms with van der Waals surface area (Å²) in [5.41, 5.74) is 6.89. The molecule has 0 aliphatic rings. The molecule has 0 bridgehead atoms. The van der Waals surface area contributed by atoms with Crippen LogP contribution in [0.25, 0.3) is 0 Å². The van der Waals surface area contributed by atoms with Crippen molar-refractivity contribution in [2.75, 3.05) is 0 Å². The Hall–Kier alpha value is -1.23. The third kappa shape index (κ3) is 3.45. The van der Waals surface area contributed by atoms with E-state index in [1.165, 1.54) is 17.2 Å². The summed E-state index contributed by atoms with van der Waals surface area (Å²) in [5.74, 6) is 5.36. The zero-order chi connectivity index (χ0) is 14.7. The Labute approximate surface area is 127 Å². The van der Waals surface area contributed by atoms with Gasteiger partial charge < -0.3 is 0 Å². The van der Waals surface area contributed by atoms with Crippen molar-refractivity contribution < 1.29 is 4.39 Å². The van der Waals surface area contributed by atoms with Gasteiger partial charge >= 0.3 is 0 Å². The molecule has 0 saturated carbocycles. The van der Waals surface area contributed by atoms with Crippen LogP contribution in [0, 0.1) is 19.7 Å². The van der Waals surface area contributed by atoms with Crippen LogP contribution < -0.4 is 11.3 Å². The summed E-state index contributed by atoms with van der Waals surface area (Å²) in [6, 6.07) is 10.9. The maximum Gasteiger partial charge on any atom is 0.128 e. The first-order valence-electron chi connectivity index (χ1n) is 6.48. The van der Waals surface area contributed by atoms with Crippen molar-refractivity contribution in [3.05, 3.63) is 68.9 Å². The molecule has 3 N–H and O–H groups in total. The van der Waals surface area contributed by atoms with E-state index in [0.29, 0.717) is 12.0 Å². The first kappa shape index (κ1) is 15.2. The quantitative estimate of drug-likeness (QED) is 0.655. The SMILES string of the molecule is Cc1ccc(CC(NN)c2cc(Br)ccc2F)cc1C. The Bertz CT molecular complexity index is 613. The average molecular weight is 337 g/mol. The van der Waals surface area contributed by atoms with Gasteiger partial charge in [-0.05, 0) is 55.2 Å². The molecule has 0 heterocycles. The van der Waals surface area contributed by atoms with E-state index in [1.54, 1.807) is 12.1 Å². The number of nitrogens with two attached hydrogens (primary N) is 1. The fourth-order valence-corrected chi connectivity index (χ4v) is 2.59. The Morgan fingerprint density at radius 1 is 1.15 bits per heavy atom. The van der Waals surface area contributed by atoms with Crippen molar-refractivity contribution in [3.8, 4) is 0 Å². The highest BCUT2D eigenvalue weighted by Gasteiger charge is 2.15. The smallest absolute Gasteiger partial charge is 0.128 e. The van der Waals surface area contributed by atoms with Gasteiger partial charge in [-0.25, -0.2) is 4.39 Å². The lowest BCUT2D eigenvalue weighted by Gasteiger charge is -2.18. The molecular weight excluding hydrogens is 319 g/mol. The van der Waals surface area contributed by atoms with Crippen molar-refractivity contribution in [2.24, 2.45) is 5.84 Å². The Morgan fingerprint density at radius 3 is 2.55 bits per heavy atom. The topological polar surface area (TPSA) is 38.0 Å². The first-order chi connectivity index (χ1) is 9.51. The molecule has 4 heteroatoms. The van der Waals surface area contributed by atoms with Crippen LogP contribution in [0.3, 0.4) is 0 Å². The minimum atomic E-state index is -0.255. The molecule has 0 aromatic heterocycles. The van der Waals surface area contributed by atoms with Crippen molar-refractivity contribution in [3.63, 3.8) is 0 Å². The van der Waals surface area contributed by atoms with E-state index in [1.807, 2.05) is 0 Å². The van der Waals surface area contributed by atoms with E-state index in [2.05, 4.69) is 53.4 Å². The Kier molecular flexibility index (Phi) is 4.91. The lowest BCUT2D eigenvalue weighted by molar-refractivity contribution is 0.510. The summed E-state index contributed by atoms with van der Waals surface area (Å²) in [5, 5.41) is 0. The molecule has 1 atom stereocenters. The summed E-state index contributed by atoms with van der Waals surface area (Å²) in [7, 11) is 0. The number of halogens is 2. The van der Waals surface area contributed by atoms with E-state index in [-0.39, 0.29) is 11.9 Å². The second kappa shape index (κ2) is 6.48. The molecule has 0 radical (unpaired) electrons. The molecular formula is C16H18BrFN2. The highest BCUT2D eigenvalue weighted by atomic mass is 79.9. The number of hydrazine groups is 1. The van der Waals surface area contributed by atoms with Crippen LogP contribution in [-0.4, -0.2) is 0 Å². The maximum absolute atomic E-state index is 13.9. The van der Waals surface area contributed by atoms with Crippen LogP contribution in [0.2, 0.25) is 0 Å². The Morgan fingerprint density at radius 2 is 1.90 bits per heavy atom. The van der Waals surface area contributed by atoms with Gasteiger partial charge in [0.15, 0.2) is 0 Å². The fraction of sp³-hybridized carbons (Fsp3) is 0.250. The average Bonchev–Trinajstić information content (AvgIpc) is 2.43. The zero-order valence-electron chi connectivity index (χ0n) is 11.6. The summed E-state index contributed by atoms with van der Waals surface area (Å²) in [4.78, 5) is 0. The first-order valence-corrected chi connectivity index (χ1v) is 7.27. The minimum Gasteiger partial charge on any atom is -0.271 e. The number of hydrogen-bond donors (Lipinski definition) is 2. The molecule has 0 spiro atoms. The van der Waals surface area contributed by atoms with Crippen LogP contribution >= 0.6 is 15.9 Å². The van der Waals surface area contributed by atoms with Crippen molar-refractivity contribution >= 4 is 15.9 Å². The van der Waals surface area contributed by atoms with Gasteiger partial charge in [0.25, 0.3) is 0 Å². The molecule has 0 amide bonds. The maximum atomic E-state index is 13.9. The van der Waals surface area contributed by atoms with Crippen LogP contribution in [0.5, 0.6) is 0 Å². The Balaban J connectivity index is 2.28. The molecule has 0 fully saturated rings. The van der Waals surface area contributed by atoms with Crippen LogP contribution in [-0.2, 0) is 6.42 Å². The third-order valence-electron chi connectivity index (χ3n) is 3.55. The van der Waals surface area contributed by atoms with Crippen molar-refractivity contribution in [1.29, 1.82) is 0 Å². The highest BCUT2D eigenvalue weighted by Crippen LogP contribution is 2.25. The van der Waals surface area contributed by atoms with E-state index in [9.17, 15) is 4.39 Å². The van der Waals surface area contributed by atoms with Crippen molar-refractivity contribution in [1.82, 2.24) is 5.43 Å². The molecule has 1 unspecified atom stereocenters. The second-order valence-electron chi connectivity index (χ2n) is 5.01. The summed E-state index contributed by atoms with van der Waals surface area (Å²) in [6.45, 7) is 4.15. The fourth-order valence-electron chi connectivity index (χ4n) is 2.21. The summed E-state index contributed by atoms with van der Waals surface area (Å²) < 4.78 is 14.8. The summed E-state index contributed by atoms with van der Waals surface area (Å²) >= 11 is 3.37. The van der Waals surface area contributed by atoms with E-state index in [0.717, 1.165) is 10.0 Å². The molecule has 2 rings (SSSR count). The molecule has 20 heavy (non-hydrogen) atoms. The van der Waals surface area contributed by atoms with Gasteiger partial charge in [-0.3, -0.25) is 11.3 Å². The lowest BCUT2D eigenvalue weighted by atomic mass is 9.96. The molecule has 0 aliphatic carbocycles. The standard InChI is InChI=1S/C16H18BrFN2/c1-10-3-4-12(7-11(10)2)8-16(20-19)14-9-13(17)5-6-15(14)18/h3-7,9,16,20H,8,19H2,1-2H3. The predicted octanol–water partition coefficient (Wildman–Crippen LogP) is 3.95. The van der Waals surface area contributed by atoms with Gasteiger partial charge in [0.05, 0.1) is 6.04 Å². The second-order valence-corrected chi connectivity index (χ2v) is 5.92. The molecule has 0 saturated heterocycles. The number of nitrogens with one attached hydrogen (secondary N) is 1. The van der Waals surface area contributed by atoms with Gasteiger partial charge in [0.2, 0.25) is 0 Å². The summed E-state index contributed by atoms with van der Waals surface area (Å²) in [6.07, 6.45) is 0.644. The molecule has 2 aromatic carbocycles. The molecule has 0 aliphatic heterocycles. The van der Waals surface area contributed by atoms with Crippen molar-refractivity contribution in [2.45, 2.75) is 26.3 Å². The number of aryl methyl sites for hydroxylation is 2. The van der Waals surface area contributed by atoms with E-state index < -0.39 is 0 Å². The molecule has 2 nitrogen and oxygen atoms in total. The van der Waals surface area contributed by atoms with Gasteiger partial charge in [-0.2, -0.15) is 0 Å². The normalized spacial score (nSPS) is 12.4. The van der Waals surface area contributed by atoms with Gasteiger partial charge in [0.1, 0.15) is 5.82 Å². The predicted molar refractivity (Wildman–Crippen MR) is 83.8 cm³/mol. The minimum absolute atomic E-state index is 0.250. The van der Waals surface area contributed by atoms with Gasteiger partial charge in [-0.1, -0.05) is 34.1 Å². The number of benzene rings is 2. The lowest BCUT2D eigenvalue weighted by Crippen LogP contribution is -2.30. The molecule has 106 valence electrons. The number of rotatable bonds is 4. The number of hydrogen-bond acceptors (Lipinski definition) is 2. The van der Waals surface area contributed by atoms with Crippen LogP contribution in [0.1, 0.15) is 28.3 Å². The third-order valence-corrected chi connectivity index (χ3v) is 4.04.